The molecule has 2 rings (SSSR count). The van der Waals surface area contributed by atoms with Gasteiger partial charge in [-0.25, -0.2) is 0 Å². The SMILES string of the molecule is COCCn1cnnc1SCc1noc(C(C)(C)C)n1. The van der Waals surface area contributed by atoms with Crippen LogP contribution in [-0.2, 0) is 22.4 Å². The van der Waals surface area contributed by atoms with Crippen LogP contribution < -0.4 is 0 Å². The second-order valence-corrected chi connectivity index (χ2v) is 6.30. The van der Waals surface area contributed by atoms with Crippen LogP contribution in [0.2, 0.25) is 0 Å². The molecule has 0 fully saturated rings. The van der Waals surface area contributed by atoms with E-state index in [4.69, 9.17) is 9.26 Å². The van der Waals surface area contributed by atoms with Crippen LogP contribution in [0, 0.1) is 0 Å². The standard InChI is InChI=1S/C12H19N5O2S/c1-12(2,3)10-14-9(16-19-10)7-20-11-15-13-8-17(11)5-6-18-4/h8H,5-7H2,1-4H3. The molecule has 0 atom stereocenters. The van der Waals surface area contributed by atoms with Crippen molar-refractivity contribution < 1.29 is 9.26 Å². The van der Waals surface area contributed by atoms with Gasteiger partial charge in [-0.1, -0.05) is 37.7 Å². The summed E-state index contributed by atoms with van der Waals surface area (Å²) in [4.78, 5) is 4.39. The topological polar surface area (TPSA) is 78.9 Å². The summed E-state index contributed by atoms with van der Waals surface area (Å²) in [6.07, 6.45) is 1.69. The van der Waals surface area contributed by atoms with Gasteiger partial charge in [0.1, 0.15) is 6.33 Å². The van der Waals surface area contributed by atoms with Crippen molar-refractivity contribution in [1.82, 2.24) is 24.9 Å². The molecule has 0 aliphatic rings. The van der Waals surface area contributed by atoms with Gasteiger partial charge in [0.2, 0.25) is 5.89 Å². The Morgan fingerprint density at radius 3 is 2.85 bits per heavy atom. The van der Waals surface area contributed by atoms with Crippen molar-refractivity contribution in [3.8, 4) is 0 Å². The van der Waals surface area contributed by atoms with E-state index in [2.05, 4.69) is 20.3 Å². The van der Waals surface area contributed by atoms with Crippen molar-refractivity contribution in [1.29, 1.82) is 0 Å². The van der Waals surface area contributed by atoms with E-state index >= 15 is 0 Å². The predicted molar refractivity (Wildman–Crippen MR) is 74.5 cm³/mol. The van der Waals surface area contributed by atoms with Gasteiger partial charge >= 0.3 is 0 Å². The fourth-order valence-electron chi connectivity index (χ4n) is 1.45. The zero-order chi connectivity index (χ0) is 14.6. The van der Waals surface area contributed by atoms with E-state index in [-0.39, 0.29) is 5.41 Å². The molecule has 0 amide bonds. The Morgan fingerprint density at radius 1 is 1.40 bits per heavy atom. The van der Waals surface area contributed by atoms with E-state index < -0.39 is 0 Å². The van der Waals surface area contributed by atoms with Gasteiger partial charge in [-0.2, -0.15) is 4.98 Å². The van der Waals surface area contributed by atoms with E-state index in [9.17, 15) is 0 Å². The van der Waals surface area contributed by atoms with E-state index in [0.717, 1.165) is 11.7 Å². The lowest BCUT2D eigenvalue weighted by Crippen LogP contribution is -2.11. The molecule has 0 saturated carbocycles. The van der Waals surface area contributed by atoms with Crippen molar-refractivity contribution in [2.45, 2.75) is 43.6 Å². The highest BCUT2D eigenvalue weighted by atomic mass is 32.2. The van der Waals surface area contributed by atoms with Gasteiger partial charge < -0.3 is 13.8 Å². The highest BCUT2D eigenvalue weighted by molar-refractivity contribution is 7.98. The molecule has 0 aliphatic carbocycles. The van der Waals surface area contributed by atoms with Crippen LogP contribution in [0.25, 0.3) is 0 Å². The molecule has 0 unspecified atom stereocenters. The minimum absolute atomic E-state index is 0.131. The third-order valence-electron chi connectivity index (χ3n) is 2.56. The lowest BCUT2D eigenvalue weighted by molar-refractivity contribution is 0.184. The van der Waals surface area contributed by atoms with E-state index in [1.165, 1.54) is 11.8 Å². The van der Waals surface area contributed by atoms with Crippen LogP contribution >= 0.6 is 11.8 Å². The maximum atomic E-state index is 5.26. The summed E-state index contributed by atoms with van der Waals surface area (Å²) in [5, 5.41) is 12.8. The maximum Gasteiger partial charge on any atom is 0.232 e. The molecule has 2 aromatic heterocycles. The zero-order valence-electron chi connectivity index (χ0n) is 12.2. The lowest BCUT2D eigenvalue weighted by atomic mass is 9.97. The van der Waals surface area contributed by atoms with Crippen LogP contribution in [-0.4, -0.2) is 38.6 Å². The van der Waals surface area contributed by atoms with Crippen LogP contribution in [0.4, 0.5) is 0 Å². The average Bonchev–Trinajstić information content (AvgIpc) is 3.02. The highest BCUT2D eigenvalue weighted by Gasteiger charge is 2.21. The number of hydrogen-bond acceptors (Lipinski definition) is 7. The van der Waals surface area contributed by atoms with Crippen molar-refractivity contribution in [2.75, 3.05) is 13.7 Å². The Morgan fingerprint density at radius 2 is 2.20 bits per heavy atom. The number of nitrogens with zero attached hydrogens (tertiary/aromatic N) is 5. The Bertz CT molecular complexity index is 546. The molecule has 0 N–H and O–H groups in total. The number of hydrogen-bond donors (Lipinski definition) is 0. The highest BCUT2D eigenvalue weighted by Crippen LogP contribution is 2.23. The maximum absolute atomic E-state index is 5.26. The first kappa shape index (κ1) is 15.0. The number of rotatable bonds is 6. The molecule has 2 aromatic rings. The monoisotopic (exact) mass is 297 g/mol. The molecule has 0 saturated heterocycles. The van der Waals surface area contributed by atoms with Crippen LogP contribution in [0.5, 0.6) is 0 Å². The third-order valence-corrected chi connectivity index (χ3v) is 3.53. The first-order chi connectivity index (χ1) is 9.50. The van der Waals surface area contributed by atoms with E-state index in [1.54, 1.807) is 13.4 Å². The Labute approximate surface area is 122 Å². The molecule has 7 nitrogen and oxygen atoms in total. The summed E-state index contributed by atoms with van der Waals surface area (Å²) in [7, 11) is 1.67. The summed E-state index contributed by atoms with van der Waals surface area (Å²) in [5.41, 5.74) is -0.131. The Balaban J connectivity index is 1.95. The van der Waals surface area contributed by atoms with Crippen molar-refractivity contribution in [3.05, 3.63) is 18.0 Å². The van der Waals surface area contributed by atoms with Gasteiger partial charge in [-0.15, -0.1) is 10.2 Å². The van der Waals surface area contributed by atoms with Gasteiger partial charge in [0.25, 0.3) is 0 Å². The summed E-state index contributed by atoms with van der Waals surface area (Å²) >= 11 is 1.53. The van der Waals surface area contributed by atoms with Gasteiger partial charge in [-0.05, 0) is 0 Å². The normalized spacial score (nSPS) is 12.0. The van der Waals surface area contributed by atoms with E-state index in [1.807, 2.05) is 25.3 Å². The number of methoxy groups -OCH3 is 1. The quantitative estimate of drug-likeness (QED) is 0.753. The number of ether oxygens (including phenoxy) is 1. The molecule has 8 heteroatoms. The van der Waals surface area contributed by atoms with Gasteiger partial charge in [0.15, 0.2) is 11.0 Å². The lowest BCUT2D eigenvalue weighted by Gasteiger charge is -2.10. The average molecular weight is 297 g/mol. The van der Waals surface area contributed by atoms with Gasteiger partial charge in [0.05, 0.1) is 12.4 Å². The molecular formula is C12H19N5O2S. The van der Waals surface area contributed by atoms with E-state index in [0.29, 0.717) is 24.1 Å². The molecule has 0 bridgehead atoms. The minimum Gasteiger partial charge on any atom is -0.383 e. The second-order valence-electron chi connectivity index (χ2n) is 5.35. The third kappa shape index (κ3) is 3.80. The second kappa shape index (κ2) is 6.36. The molecular weight excluding hydrogens is 278 g/mol. The summed E-state index contributed by atoms with van der Waals surface area (Å²) in [5.74, 6) is 1.92. The van der Waals surface area contributed by atoms with Gasteiger partial charge in [-0.3, -0.25) is 0 Å². The summed E-state index contributed by atoms with van der Waals surface area (Å²) in [6.45, 7) is 7.48. The molecule has 0 spiro atoms. The molecule has 20 heavy (non-hydrogen) atoms. The fourth-order valence-corrected chi connectivity index (χ4v) is 2.23. The predicted octanol–water partition coefficient (Wildman–Crippen LogP) is 1.90. The fraction of sp³-hybridized carbons (Fsp3) is 0.667. The van der Waals surface area contributed by atoms with Crippen molar-refractivity contribution >= 4 is 11.8 Å². The summed E-state index contributed by atoms with van der Waals surface area (Å²) in [6, 6.07) is 0. The minimum atomic E-state index is -0.131. The number of aromatic nitrogens is 5. The van der Waals surface area contributed by atoms with Crippen molar-refractivity contribution in [3.63, 3.8) is 0 Å². The Kier molecular flexibility index (Phi) is 4.77. The molecule has 2 heterocycles. The first-order valence-corrected chi connectivity index (χ1v) is 7.32. The van der Waals surface area contributed by atoms with Crippen molar-refractivity contribution in [2.24, 2.45) is 0 Å². The Hall–Kier alpha value is -1.41. The molecule has 0 aromatic carbocycles. The molecule has 0 aliphatic heterocycles. The van der Waals surface area contributed by atoms with Gasteiger partial charge in [0, 0.05) is 19.1 Å². The number of thioether (sulfide) groups is 1. The first-order valence-electron chi connectivity index (χ1n) is 6.33. The van der Waals surface area contributed by atoms with Crippen LogP contribution in [0.1, 0.15) is 32.5 Å². The summed E-state index contributed by atoms with van der Waals surface area (Å²) < 4.78 is 12.2. The van der Waals surface area contributed by atoms with Crippen LogP contribution in [0.3, 0.4) is 0 Å². The molecule has 0 radical (unpaired) electrons. The zero-order valence-corrected chi connectivity index (χ0v) is 13.0. The molecule has 110 valence electrons. The smallest absolute Gasteiger partial charge is 0.232 e. The largest absolute Gasteiger partial charge is 0.383 e. The van der Waals surface area contributed by atoms with Crippen LogP contribution in [0.15, 0.2) is 16.0 Å².